The van der Waals surface area contributed by atoms with Crippen LogP contribution < -0.4 is 9.64 Å². The standard InChI is InChI=1S/C48H49F2N3O7/c1-32-24-43-51-41(37-17-11-16-36(25-37)38-26-39(49)40(50)27-42(38)59-31-35-14-9-6-10-15-35)28-53(43)46(44(32)45(54)47(55)56-4)52-20-18-48(3,19-21-52)60-23-22-57-29-33(2)58-30-34-12-7-5-8-13-34/h5-17,24-28,33H,18-23,29-31H2,1-4H3. The van der Waals surface area contributed by atoms with Gasteiger partial charge in [-0.1, -0.05) is 78.9 Å². The van der Waals surface area contributed by atoms with Crippen molar-refractivity contribution in [3.05, 3.63) is 143 Å². The van der Waals surface area contributed by atoms with Crippen molar-refractivity contribution >= 4 is 23.2 Å². The number of ether oxygens (including phenoxy) is 5. The highest BCUT2D eigenvalue weighted by molar-refractivity contribution is 6.42. The van der Waals surface area contributed by atoms with Gasteiger partial charge >= 0.3 is 5.97 Å². The largest absolute Gasteiger partial charge is 0.488 e. The number of rotatable bonds is 17. The first-order valence-electron chi connectivity index (χ1n) is 20.1. The maximum absolute atomic E-state index is 14.7. The smallest absolute Gasteiger partial charge is 0.379 e. The second kappa shape index (κ2) is 19.0. The van der Waals surface area contributed by atoms with E-state index >= 15 is 0 Å². The average Bonchev–Trinajstić information content (AvgIpc) is 3.69. The molecule has 0 N–H and O–H groups in total. The lowest BCUT2D eigenvalue weighted by Gasteiger charge is -2.41. The SMILES string of the molecule is COC(=O)C(=O)c1c(C)cc2nc(-c3cccc(-c4cc(F)c(F)cc4OCc4ccccc4)c3)cn2c1N1CCC(C)(OCCOCC(C)OCc2ccccc2)CC1. The van der Waals surface area contributed by atoms with E-state index in [-0.39, 0.29) is 24.0 Å². The number of methoxy groups -OCH3 is 1. The van der Waals surface area contributed by atoms with Gasteiger partial charge in [-0.2, -0.15) is 0 Å². The minimum atomic E-state index is -1.01. The van der Waals surface area contributed by atoms with E-state index in [0.717, 1.165) is 23.3 Å². The van der Waals surface area contributed by atoms with Crippen LogP contribution in [0.15, 0.2) is 109 Å². The van der Waals surface area contributed by atoms with Gasteiger partial charge in [-0.3, -0.25) is 9.20 Å². The molecule has 7 rings (SSSR count). The summed E-state index contributed by atoms with van der Waals surface area (Å²) in [5.74, 6) is -3.00. The molecule has 0 aliphatic carbocycles. The van der Waals surface area contributed by atoms with Crippen molar-refractivity contribution in [1.29, 1.82) is 0 Å². The summed E-state index contributed by atoms with van der Waals surface area (Å²) in [5, 5.41) is 0. The molecule has 0 amide bonds. The van der Waals surface area contributed by atoms with Crippen LogP contribution >= 0.6 is 0 Å². The van der Waals surface area contributed by atoms with Crippen molar-refractivity contribution < 1.29 is 42.1 Å². The minimum Gasteiger partial charge on any atom is -0.488 e. The Labute approximate surface area is 348 Å². The molecule has 0 radical (unpaired) electrons. The van der Waals surface area contributed by atoms with Gasteiger partial charge in [0.05, 0.1) is 56.5 Å². The summed E-state index contributed by atoms with van der Waals surface area (Å²) >= 11 is 0. The maximum Gasteiger partial charge on any atom is 0.379 e. The Morgan fingerprint density at radius 3 is 2.20 bits per heavy atom. The van der Waals surface area contributed by atoms with Crippen LogP contribution in [0.1, 0.15) is 53.7 Å². The third-order valence-corrected chi connectivity index (χ3v) is 10.8. The Morgan fingerprint density at radius 1 is 0.833 bits per heavy atom. The molecule has 1 unspecified atom stereocenters. The number of piperidine rings is 1. The molecule has 312 valence electrons. The molecule has 1 saturated heterocycles. The number of ketones is 1. The molecule has 0 spiro atoms. The molecule has 10 nitrogen and oxygen atoms in total. The summed E-state index contributed by atoms with van der Waals surface area (Å²) in [6, 6.07) is 30.7. The molecule has 0 bridgehead atoms. The molecule has 60 heavy (non-hydrogen) atoms. The number of aryl methyl sites for hydroxylation is 1. The number of benzene rings is 4. The molecule has 12 heteroatoms. The molecule has 1 fully saturated rings. The van der Waals surface area contributed by atoms with Gasteiger partial charge in [0.1, 0.15) is 23.8 Å². The van der Waals surface area contributed by atoms with Gasteiger partial charge in [0, 0.05) is 36.5 Å². The van der Waals surface area contributed by atoms with Crippen molar-refractivity contribution in [2.75, 3.05) is 44.9 Å². The second-order valence-electron chi connectivity index (χ2n) is 15.3. The van der Waals surface area contributed by atoms with E-state index in [1.165, 1.54) is 7.11 Å². The fourth-order valence-electron chi connectivity index (χ4n) is 7.40. The van der Waals surface area contributed by atoms with Crippen LogP contribution in [0.3, 0.4) is 0 Å². The van der Waals surface area contributed by atoms with Crippen LogP contribution in [0.2, 0.25) is 0 Å². The fourth-order valence-corrected chi connectivity index (χ4v) is 7.40. The lowest BCUT2D eigenvalue weighted by atomic mass is 9.92. The first-order valence-corrected chi connectivity index (χ1v) is 20.1. The van der Waals surface area contributed by atoms with Crippen molar-refractivity contribution in [3.63, 3.8) is 0 Å². The van der Waals surface area contributed by atoms with Crippen LogP contribution in [0, 0.1) is 18.6 Å². The van der Waals surface area contributed by atoms with Crippen molar-refractivity contribution in [1.82, 2.24) is 9.38 Å². The predicted octanol–water partition coefficient (Wildman–Crippen LogP) is 9.19. The number of imidazole rings is 1. The first-order chi connectivity index (χ1) is 29.0. The molecular formula is C48H49F2N3O7. The highest BCUT2D eigenvalue weighted by Gasteiger charge is 2.35. The number of hydrogen-bond donors (Lipinski definition) is 0. The number of fused-ring (bicyclic) bond motifs is 1. The third-order valence-electron chi connectivity index (χ3n) is 10.8. The Hall–Kier alpha value is -5.95. The highest BCUT2D eigenvalue weighted by Crippen LogP contribution is 2.37. The molecule has 1 aliphatic rings. The molecule has 4 aromatic carbocycles. The minimum absolute atomic E-state index is 0.0678. The topological polar surface area (TPSA) is 101 Å². The van der Waals surface area contributed by atoms with E-state index in [0.29, 0.717) is 91.8 Å². The number of nitrogens with zero attached hydrogens (tertiary/aromatic N) is 3. The van der Waals surface area contributed by atoms with Crippen LogP contribution in [0.5, 0.6) is 5.75 Å². The number of anilines is 1. The molecule has 1 aliphatic heterocycles. The van der Waals surface area contributed by atoms with Gasteiger partial charge in [0.2, 0.25) is 0 Å². The number of halogens is 2. The number of pyridine rings is 1. The Balaban J connectivity index is 1.09. The van der Waals surface area contributed by atoms with Gasteiger partial charge < -0.3 is 28.6 Å². The maximum atomic E-state index is 14.7. The zero-order valence-corrected chi connectivity index (χ0v) is 34.3. The zero-order valence-electron chi connectivity index (χ0n) is 34.3. The fraction of sp³-hybridized carbons (Fsp3) is 0.312. The molecule has 0 saturated carbocycles. The lowest BCUT2D eigenvalue weighted by Crippen LogP contribution is -2.46. The lowest BCUT2D eigenvalue weighted by molar-refractivity contribution is -0.135. The van der Waals surface area contributed by atoms with E-state index < -0.39 is 29.0 Å². The third kappa shape index (κ3) is 9.90. The summed E-state index contributed by atoms with van der Waals surface area (Å²) in [4.78, 5) is 33.4. The molecule has 1 atom stereocenters. The van der Waals surface area contributed by atoms with E-state index in [9.17, 15) is 18.4 Å². The Bertz CT molecular complexity index is 2430. The van der Waals surface area contributed by atoms with E-state index in [2.05, 4.69) is 11.8 Å². The van der Waals surface area contributed by atoms with E-state index in [1.807, 2.05) is 96.4 Å². The summed E-state index contributed by atoms with van der Waals surface area (Å²) < 4.78 is 60.1. The van der Waals surface area contributed by atoms with Gasteiger partial charge in [0.25, 0.3) is 5.78 Å². The number of esters is 1. The average molecular weight is 818 g/mol. The zero-order chi connectivity index (χ0) is 42.2. The summed E-state index contributed by atoms with van der Waals surface area (Å²) in [6.07, 6.45) is 3.05. The van der Waals surface area contributed by atoms with Crippen molar-refractivity contribution in [3.8, 4) is 28.1 Å². The van der Waals surface area contributed by atoms with Crippen LogP contribution in [0.25, 0.3) is 28.0 Å². The number of carbonyl (C=O) groups is 2. The number of Topliss-reactive ketones (excluding diaryl/α,β-unsaturated/α-hetero) is 1. The van der Waals surface area contributed by atoms with E-state index in [4.69, 9.17) is 28.7 Å². The van der Waals surface area contributed by atoms with Gasteiger partial charge in [-0.15, -0.1) is 0 Å². The molecule has 6 aromatic rings. The monoisotopic (exact) mass is 817 g/mol. The molecule has 3 heterocycles. The highest BCUT2D eigenvalue weighted by atomic mass is 19.2. The molecule has 2 aromatic heterocycles. The summed E-state index contributed by atoms with van der Waals surface area (Å²) in [5.41, 5.74) is 5.16. The predicted molar refractivity (Wildman–Crippen MR) is 225 cm³/mol. The Kier molecular flexibility index (Phi) is 13.3. The van der Waals surface area contributed by atoms with Crippen molar-refractivity contribution in [2.24, 2.45) is 0 Å². The van der Waals surface area contributed by atoms with E-state index in [1.54, 1.807) is 19.1 Å². The second-order valence-corrected chi connectivity index (χ2v) is 15.3. The quantitative estimate of drug-likeness (QED) is 0.0386. The van der Waals surface area contributed by atoms with Gasteiger partial charge in [-0.25, -0.2) is 18.6 Å². The van der Waals surface area contributed by atoms with Crippen LogP contribution in [-0.2, 0) is 37.0 Å². The van der Waals surface area contributed by atoms with Crippen molar-refractivity contribution in [2.45, 2.75) is 58.5 Å². The van der Waals surface area contributed by atoms with Crippen LogP contribution in [-0.4, -0.2) is 72.9 Å². The Morgan fingerprint density at radius 2 is 1.50 bits per heavy atom. The first kappa shape index (κ1) is 42.2. The molecular weight excluding hydrogens is 769 g/mol. The van der Waals surface area contributed by atoms with Gasteiger partial charge in [0.15, 0.2) is 11.6 Å². The number of carbonyl (C=O) groups excluding carboxylic acids is 2. The number of hydrogen-bond acceptors (Lipinski definition) is 9. The summed E-state index contributed by atoms with van der Waals surface area (Å²) in [6.45, 7) is 8.89. The number of aromatic nitrogens is 2. The normalized spacial score (nSPS) is 14.3. The van der Waals surface area contributed by atoms with Crippen LogP contribution in [0.4, 0.5) is 14.6 Å². The summed E-state index contributed by atoms with van der Waals surface area (Å²) in [7, 11) is 1.19. The van der Waals surface area contributed by atoms with Gasteiger partial charge in [-0.05, 0) is 74.1 Å².